The summed E-state index contributed by atoms with van der Waals surface area (Å²) in [5, 5.41) is 1.13. The van der Waals surface area contributed by atoms with Crippen molar-refractivity contribution in [2.75, 3.05) is 26.3 Å². The molecule has 1 aliphatic heterocycles. The molecule has 1 saturated carbocycles. The standard InChI is InChI=1S/C21H26N2O2S/c1-15-22-19(16-5-3-2-4-6-16)20(26-15)17-7-9-18(10-8-17)21(24)23-11-13-25-14-12-23/h7-10,16H,2-6,11-14H2,1H3. The highest BCUT2D eigenvalue weighted by atomic mass is 32.1. The highest BCUT2D eigenvalue weighted by Gasteiger charge is 2.23. The van der Waals surface area contributed by atoms with Crippen LogP contribution in [0.15, 0.2) is 24.3 Å². The van der Waals surface area contributed by atoms with Gasteiger partial charge in [-0.3, -0.25) is 4.79 Å². The first-order chi connectivity index (χ1) is 12.7. The maximum absolute atomic E-state index is 12.6. The van der Waals surface area contributed by atoms with E-state index >= 15 is 0 Å². The Hall–Kier alpha value is -1.72. The lowest BCUT2D eigenvalue weighted by Crippen LogP contribution is -2.40. The summed E-state index contributed by atoms with van der Waals surface area (Å²) in [5.74, 6) is 0.700. The summed E-state index contributed by atoms with van der Waals surface area (Å²) in [6.07, 6.45) is 6.49. The third kappa shape index (κ3) is 3.69. The van der Waals surface area contributed by atoms with Gasteiger partial charge in [-0.2, -0.15) is 0 Å². The van der Waals surface area contributed by atoms with Crippen molar-refractivity contribution in [3.63, 3.8) is 0 Å². The number of morpholine rings is 1. The molecule has 0 radical (unpaired) electrons. The Morgan fingerprint density at radius 1 is 1.12 bits per heavy atom. The van der Waals surface area contributed by atoms with Crippen LogP contribution in [0.4, 0.5) is 0 Å². The Morgan fingerprint density at radius 2 is 1.81 bits per heavy atom. The molecule has 4 nitrogen and oxygen atoms in total. The SMILES string of the molecule is Cc1nc(C2CCCCC2)c(-c2ccc(C(=O)N3CCOCC3)cc2)s1. The van der Waals surface area contributed by atoms with Gasteiger partial charge < -0.3 is 9.64 Å². The van der Waals surface area contributed by atoms with E-state index in [0.717, 1.165) is 10.6 Å². The van der Waals surface area contributed by atoms with Gasteiger partial charge in [-0.15, -0.1) is 11.3 Å². The van der Waals surface area contributed by atoms with Crippen LogP contribution in [0.1, 0.15) is 59.1 Å². The number of aryl methyl sites for hydroxylation is 1. The summed E-state index contributed by atoms with van der Waals surface area (Å²) in [6.45, 7) is 4.72. The van der Waals surface area contributed by atoms with Crippen LogP contribution in [0, 0.1) is 6.92 Å². The summed E-state index contributed by atoms with van der Waals surface area (Å²) < 4.78 is 5.34. The van der Waals surface area contributed by atoms with E-state index in [1.165, 1.54) is 48.2 Å². The van der Waals surface area contributed by atoms with Crippen molar-refractivity contribution in [1.82, 2.24) is 9.88 Å². The number of amides is 1. The van der Waals surface area contributed by atoms with Crippen LogP contribution in [0.3, 0.4) is 0 Å². The number of thiazole rings is 1. The normalized spacial score (nSPS) is 18.9. The molecule has 0 bridgehead atoms. The number of rotatable bonds is 3. The minimum Gasteiger partial charge on any atom is -0.378 e. The minimum absolute atomic E-state index is 0.104. The van der Waals surface area contributed by atoms with Crippen LogP contribution in [-0.2, 0) is 4.74 Å². The molecule has 2 fully saturated rings. The quantitative estimate of drug-likeness (QED) is 0.790. The third-order valence-corrected chi connectivity index (χ3v) is 6.48. The van der Waals surface area contributed by atoms with Crippen molar-refractivity contribution in [1.29, 1.82) is 0 Å². The summed E-state index contributed by atoms with van der Waals surface area (Å²) in [7, 11) is 0. The fourth-order valence-electron chi connectivity index (χ4n) is 4.02. The average molecular weight is 371 g/mol. The molecule has 2 heterocycles. The van der Waals surface area contributed by atoms with E-state index in [1.807, 2.05) is 17.0 Å². The van der Waals surface area contributed by atoms with Gasteiger partial charge in [0.05, 0.1) is 28.8 Å². The molecule has 2 aliphatic rings. The first-order valence-corrected chi connectivity index (χ1v) is 10.5. The zero-order valence-corrected chi connectivity index (χ0v) is 16.2. The van der Waals surface area contributed by atoms with Gasteiger partial charge in [-0.1, -0.05) is 31.4 Å². The van der Waals surface area contributed by atoms with Crippen molar-refractivity contribution in [3.8, 4) is 10.4 Å². The zero-order chi connectivity index (χ0) is 17.9. The van der Waals surface area contributed by atoms with E-state index in [9.17, 15) is 4.79 Å². The molecule has 1 amide bonds. The largest absolute Gasteiger partial charge is 0.378 e. The first kappa shape index (κ1) is 17.7. The smallest absolute Gasteiger partial charge is 0.254 e. The van der Waals surface area contributed by atoms with Gasteiger partial charge in [-0.05, 0) is 37.5 Å². The molecule has 2 aromatic rings. The van der Waals surface area contributed by atoms with Gasteiger partial charge in [0, 0.05) is 24.6 Å². The molecule has 26 heavy (non-hydrogen) atoms. The number of carbonyl (C=O) groups is 1. The fraction of sp³-hybridized carbons (Fsp3) is 0.524. The maximum Gasteiger partial charge on any atom is 0.254 e. The minimum atomic E-state index is 0.104. The molecular weight excluding hydrogens is 344 g/mol. The number of aromatic nitrogens is 1. The Bertz CT molecular complexity index is 757. The predicted molar refractivity (Wildman–Crippen MR) is 105 cm³/mol. The number of ether oxygens (including phenoxy) is 1. The highest BCUT2D eigenvalue weighted by Crippen LogP contribution is 2.40. The zero-order valence-electron chi connectivity index (χ0n) is 15.4. The molecule has 1 aliphatic carbocycles. The van der Waals surface area contributed by atoms with Crippen molar-refractivity contribution < 1.29 is 9.53 Å². The molecule has 0 N–H and O–H groups in total. The second-order valence-corrected chi connectivity index (χ2v) is 8.47. The Kier molecular flexibility index (Phi) is 5.36. The average Bonchev–Trinajstić information content (AvgIpc) is 3.11. The van der Waals surface area contributed by atoms with Gasteiger partial charge in [0.25, 0.3) is 5.91 Å². The molecule has 0 spiro atoms. The number of carbonyl (C=O) groups excluding carboxylic acids is 1. The van der Waals surface area contributed by atoms with Crippen LogP contribution in [-0.4, -0.2) is 42.1 Å². The van der Waals surface area contributed by atoms with E-state index in [4.69, 9.17) is 9.72 Å². The number of nitrogens with zero attached hydrogens (tertiary/aromatic N) is 2. The molecule has 1 aromatic heterocycles. The van der Waals surface area contributed by atoms with Crippen molar-refractivity contribution in [2.45, 2.75) is 44.9 Å². The van der Waals surface area contributed by atoms with Crippen molar-refractivity contribution in [2.24, 2.45) is 0 Å². The summed E-state index contributed by atoms with van der Waals surface area (Å²) in [4.78, 5) is 20.7. The Labute approximate surface area is 159 Å². The molecule has 1 aromatic carbocycles. The summed E-state index contributed by atoms with van der Waals surface area (Å²) >= 11 is 1.78. The molecule has 4 rings (SSSR count). The van der Waals surface area contributed by atoms with Gasteiger partial charge in [0.1, 0.15) is 0 Å². The summed E-state index contributed by atoms with van der Waals surface area (Å²) in [5.41, 5.74) is 3.23. The second-order valence-electron chi connectivity index (χ2n) is 7.26. The van der Waals surface area contributed by atoms with Gasteiger partial charge >= 0.3 is 0 Å². The van der Waals surface area contributed by atoms with Gasteiger partial charge in [0.2, 0.25) is 0 Å². The second kappa shape index (κ2) is 7.89. The Morgan fingerprint density at radius 3 is 2.50 bits per heavy atom. The van der Waals surface area contributed by atoms with E-state index in [2.05, 4.69) is 19.1 Å². The molecular formula is C21H26N2O2S. The van der Waals surface area contributed by atoms with Crippen LogP contribution in [0.2, 0.25) is 0 Å². The third-order valence-electron chi connectivity index (χ3n) is 5.44. The van der Waals surface area contributed by atoms with Crippen molar-refractivity contribution in [3.05, 3.63) is 40.5 Å². The Balaban J connectivity index is 1.56. The lowest BCUT2D eigenvalue weighted by molar-refractivity contribution is 0.0303. The van der Waals surface area contributed by atoms with Crippen LogP contribution < -0.4 is 0 Å². The van der Waals surface area contributed by atoms with Gasteiger partial charge in [0.15, 0.2) is 0 Å². The molecule has 5 heteroatoms. The topological polar surface area (TPSA) is 42.4 Å². The molecule has 138 valence electrons. The van der Waals surface area contributed by atoms with Crippen molar-refractivity contribution >= 4 is 17.2 Å². The van der Waals surface area contributed by atoms with E-state index in [0.29, 0.717) is 32.2 Å². The van der Waals surface area contributed by atoms with E-state index < -0.39 is 0 Å². The maximum atomic E-state index is 12.6. The molecule has 0 atom stereocenters. The first-order valence-electron chi connectivity index (χ1n) is 9.67. The molecule has 0 unspecified atom stereocenters. The molecule has 1 saturated heterocycles. The fourth-order valence-corrected chi connectivity index (χ4v) is 5.03. The van der Waals surface area contributed by atoms with Crippen LogP contribution in [0.5, 0.6) is 0 Å². The lowest BCUT2D eigenvalue weighted by Gasteiger charge is -2.26. The van der Waals surface area contributed by atoms with E-state index in [-0.39, 0.29) is 5.91 Å². The highest BCUT2D eigenvalue weighted by molar-refractivity contribution is 7.15. The summed E-state index contributed by atoms with van der Waals surface area (Å²) in [6, 6.07) is 8.11. The lowest BCUT2D eigenvalue weighted by atomic mass is 9.86. The monoisotopic (exact) mass is 370 g/mol. The number of hydrogen-bond donors (Lipinski definition) is 0. The van der Waals surface area contributed by atoms with Crippen LogP contribution in [0.25, 0.3) is 10.4 Å². The number of hydrogen-bond acceptors (Lipinski definition) is 4. The van der Waals surface area contributed by atoms with Gasteiger partial charge in [-0.25, -0.2) is 4.98 Å². The number of benzene rings is 1. The predicted octanol–water partition coefficient (Wildman–Crippen LogP) is 4.64. The van der Waals surface area contributed by atoms with Crippen LogP contribution >= 0.6 is 11.3 Å². The van der Waals surface area contributed by atoms with E-state index in [1.54, 1.807) is 11.3 Å².